The molecule has 2 fully saturated rings. The molecule has 0 aromatic carbocycles. The largest absolute Gasteiger partial charge is 0.338 e. The van der Waals surface area contributed by atoms with Crippen molar-refractivity contribution < 1.29 is 9.59 Å². The van der Waals surface area contributed by atoms with Gasteiger partial charge in [0.2, 0.25) is 5.91 Å². The lowest BCUT2D eigenvalue weighted by molar-refractivity contribution is -0.153. The molecule has 6 nitrogen and oxygen atoms in total. The van der Waals surface area contributed by atoms with E-state index in [0.29, 0.717) is 38.0 Å². The lowest BCUT2D eigenvalue weighted by Crippen LogP contribution is -2.67. The molecule has 24 heavy (non-hydrogen) atoms. The fourth-order valence-electron chi connectivity index (χ4n) is 3.73. The Morgan fingerprint density at radius 2 is 1.92 bits per heavy atom. The Morgan fingerprint density at radius 3 is 2.54 bits per heavy atom. The smallest absolute Gasteiger partial charge is 0.253 e. The molecule has 0 atom stereocenters. The third kappa shape index (κ3) is 2.82. The van der Waals surface area contributed by atoms with E-state index in [2.05, 4.69) is 16.5 Å². The van der Waals surface area contributed by atoms with E-state index in [4.69, 9.17) is 0 Å². The molecule has 1 spiro atoms. The number of nitrogens with zero attached hydrogens (tertiary/aromatic N) is 4. The van der Waals surface area contributed by atoms with E-state index in [-0.39, 0.29) is 11.8 Å². The maximum atomic E-state index is 13.0. The molecule has 1 aromatic rings. The molecule has 0 aliphatic carbocycles. The standard InChI is InChI=1S/C18H24N4O2/c1-3-10-22-14-13-20(2)18(17(22)24)6-11-21(12-7-18)16(23)15-4-8-19-9-5-15/h3-5,8-9H,1,6-7,10-14H2,2H3. The summed E-state index contributed by atoms with van der Waals surface area (Å²) in [5.41, 5.74) is 0.175. The highest BCUT2D eigenvalue weighted by Crippen LogP contribution is 2.33. The Bertz CT molecular complexity index is 623. The number of likely N-dealkylation sites (tertiary alicyclic amines) is 1. The first-order valence-electron chi connectivity index (χ1n) is 8.39. The molecule has 2 saturated heterocycles. The first-order valence-corrected chi connectivity index (χ1v) is 8.39. The number of amides is 2. The predicted octanol–water partition coefficient (Wildman–Crippen LogP) is 1.02. The average molecular weight is 328 g/mol. The van der Waals surface area contributed by atoms with Crippen molar-refractivity contribution in [3.05, 3.63) is 42.7 Å². The molecule has 0 bridgehead atoms. The molecule has 2 aliphatic rings. The average Bonchev–Trinajstić information content (AvgIpc) is 2.63. The minimum atomic E-state index is -0.476. The molecule has 0 unspecified atom stereocenters. The number of piperazine rings is 1. The highest BCUT2D eigenvalue weighted by molar-refractivity contribution is 5.94. The van der Waals surface area contributed by atoms with Crippen LogP contribution in [0.4, 0.5) is 0 Å². The van der Waals surface area contributed by atoms with Gasteiger partial charge in [0.1, 0.15) is 5.54 Å². The number of likely N-dealkylation sites (N-methyl/N-ethyl adjacent to an activating group) is 1. The van der Waals surface area contributed by atoms with Crippen LogP contribution in [0.3, 0.4) is 0 Å². The SMILES string of the molecule is C=CCN1CCN(C)C2(CCN(C(=O)c3ccncc3)CC2)C1=O. The molecule has 2 amide bonds. The lowest BCUT2D eigenvalue weighted by atomic mass is 9.82. The summed E-state index contributed by atoms with van der Waals surface area (Å²) in [4.78, 5) is 35.4. The predicted molar refractivity (Wildman–Crippen MR) is 91.5 cm³/mol. The summed E-state index contributed by atoms with van der Waals surface area (Å²) in [7, 11) is 2.02. The molecule has 0 saturated carbocycles. The van der Waals surface area contributed by atoms with Gasteiger partial charge in [-0.3, -0.25) is 19.5 Å². The van der Waals surface area contributed by atoms with Crippen LogP contribution in [0.1, 0.15) is 23.2 Å². The third-order valence-corrected chi connectivity index (χ3v) is 5.28. The van der Waals surface area contributed by atoms with Gasteiger partial charge in [0.05, 0.1) is 0 Å². The van der Waals surface area contributed by atoms with Gasteiger partial charge in [0.15, 0.2) is 0 Å². The topological polar surface area (TPSA) is 56.8 Å². The molecule has 3 heterocycles. The van der Waals surface area contributed by atoms with Gasteiger partial charge in [-0.05, 0) is 32.0 Å². The van der Waals surface area contributed by atoms with Crippen molar-refractivity contribution in [1.29, 1.82) is 0 Å². The normalized spacial score (nSPS) is 21.1. The minimum Gasteiger partial charge on any atom is -0.338 e. The maximum Gasteiger partial charge on any atom is 0.253 e. The fourth-order valence-corrected chi connectivity index (χ4v) is 3.73. The van der Waals surface area contributed by atoms with Crippen LogP contribution in [0.15, 0.2) is 37.2 Å². The second kappa shape index (κ2) is 6.73. The number of hydrogen-bond acceptors (Lipinski definition) is 4. The molecule has 2 aliphatic heterocycles. The van der Waals surface area contributed by atoms with Gasteiger partial charge in [-0.1, -0.05) is 6.08 Å². The van der Waals surface area contributed by atoms with E-state index >= 15 is 0 Å². The van der Waals surface area contributed by atoms with Crippen LogP contribution in [-0.4, -0.2) is 76.8 Å². The van der Waals surface area contributed by atoms with E-state index in [1.54, 1.807) is 30.6 Å². The summed E-state index contributed by atoms with van der Waals surface area (Å²) in [5.74, 6) is 0.188. The van der Waals surface area contributed by atoms with Crippen molar-refractivity contribution in [3.63, 3.8) is 0 Å². The van der Waals surface area contributed by atoms with Crippen molar-refractivity contribution in [3.8, 4) is 0 Å². The fraction of sp³-hybridized carbons (Fsp3) is 0.500. The summed E-state index contributed by atoms with van der Waals surface area (Å²) in [6, 6.07) is 3.47. The molecular formula is C18H24N4O2. The highest BCUT2D eigenvalue weighted by atomic mass is 16.2. The second-order valence-electron chi connectivity index (χ2n) is 6.52. The molecule has 6 heteroatoms. The van der Waals surface area contributed by atoms with Crippen LogP contribution in [0.2, 0.25) is 0 Å². The van der Waals surface area contributed by atoms with E-state index in [1.165, 1.54) is 0 Å². The zero-order valence-electron chi connectivity index (χ0n) is 14.1. The second-order valence-corrected chi connectivity index (χ2v) is 6.52. The van der Waals surface area contributed by atoms with E-state index < -0.39 is 5.54 Å². The van der Waals surface area contributed by atoms with Crippen molar-refractivity contribution in [1.82, 2.24) is 19.7 Å². The number of aromatic nitrogens is 1. The molecule has 3 rings (SSSR count). The first kappa shape index (κ1) is 16.6. The van der Waals surface area contributed by atoms with Crippen molar-refractivity contribution in [2.75, 3.05) is 39.8 Å². The van der Waals surface area contributed by atoms with E-state index in [9.17, 15) is 9.59 Å². The number of piperidine rings is 1. The van der Waals surface area contributed by atoms with Gasteiger partial charge in [-0.25, -0.2) is 0 Å². The summed E-state index contributed by atoms with van der Waals surface area (Å²) in [6.45, 7) is 7.13. The van der Waals surface area contributed by atoms with Gasteiger partial charge >= 0.3 is 0 Å². The summed E-state index contributed by atoms with van der Waals surface area (Å²) >= 11 is 0. The Hall–Kier alpha value is -2.21. The van der Waals surface area contributed by atoms with Crippen LogP contribution in [-0.2, 0) is 4.79 Å². The lowest BCUT2D eigenvalue weighted by Gasteiger charge is -2.51. The van der Waals surface area contributed by atoms with Crippen molar-refractivity contribution in [2.24, 2.45) is 0 Å². The molecule has 0 N–H and O–H groups in total. The highest BCUT2D eigenvalue weighted by Gasteiger charge is 2.49. The van der Waals surface area contributed by atoms with Crippen molar-refractivity contribution >= 4 is 11.8 Å². The van der Waals surface area contributed by atoms with E-state index in [0.717, 1.165) is 13.1 Å². The minimum absolute atomic E-state index is 0.0149. The zero-order valence-corrected chi connectivity index (χ0v) is 14.1. The first-order chi connectivity index (χ1) is 11.6. The summed E-state index contributed by atoms with van der Waals surface area (Å²) < 4.78 is 0. The Morgan fingerprint density at radius 1 is 1.25 bits per heavy atom. The number of hydrogen-bond donors (Lipinski definition) is 0. The van der Waals surface area contributed by atoms with Gasteiger partial charge in [0.25, 0.3) is 5.91 Å². The molecule has 1 aromatic heterocycles. The zero-order chi connectivity index (χ0) is 17.2. The summed E-state index contributed by atoms with van der Waals surface area (Å²) in [6.07, 6.45) is 6.38. The molecule has 0 radical (unpaired) electrons. The Labute approximate surface area is 142 Å². The van der Waals surface area contributed by atoms with E-state index in [1.807, 2.05) is 16.8 Å². The van der Waals surface area contributed by atoms with Crippen LogP contribution >= 0.6 is 0 Å². The van der Waals surface area contributed by atoms with Gasteiger partial charge in [-0.15, -0.1) is 6.58 Å². The van der Waals surface area contributed by atoms with Crippen LogP contribution in [0.5, 0.6) is 0 Å². The maximum absolute atomic E-state index is 13.0. The number of carbonyl (C=O) groups excluding carboxylic acids is 2. The van der Waals surface area contributed by atoms with Crippen LogP contribution < -0.4 is 0 Å². The molecule has 128 valence electrons. The van der Waals surface area contributed by atoms with Gasteiger partial charge in [-0.2, -0.15) is 0 Å². The number of pyridine rings is 1. The van der Waals surface area contributed by atoms with Crippen molar-refractivity contribution in [2.45, 2.75) is 18.4 Å². The Kier molecular flexibility index (Phi) is 4.66. The monoisotopic (exact) mass is 328 g/mol. The Balaban J connectivity index is 1.72. The number of carbonyl (C=O) groups is 2. The molecular weight excluding hydrogens is 304 g/mol. The van der Waals surface area contributed by atoms with Gasteiger partial charge in [0, 0.05) is 50.7 Å². The van der Waals surface area contributed by atoms with Crippen LogP contribution in [0.25, 0.3) is 0 Å². The third-order valence-electron chi connectivity index (χ3n) is 5.28. The number of rotatable bonds is 3. The quantitative estimate of drug-likeness (QED) is 0.777. The van der Waals surface area contributed by atoms with Gasteiger partial charge < -0.3 is 9.80 Å². The summed E-state index contributed by atoms with van der Waals surface area (Å²) in [5, 5.41) is 0. The van der Waals surface area contributed by atoms with Crippen LogP contribution in [0, 0.1) is 0 Å².